The van der Waals surface area contributed by atoms with Crippen molar-refractivity contribution in [1.82, 2.24) is 5.32 Å². The molecule has 2 rings (SSSR count). The Labute approximate surface area is 125 Å². The molecule has 20 heavy (non-hydrogen) atoms. The van der Waals surface area contributed by atoms with E-state index < -0.39 is 0 Å². The maximum absolute atomic E-state index is 9.33. The quantitative estimate of drug-likeness (QED) is 0.793. The van der Waals surface area contributed by atoms with Crippen molar-refractivity contribution in [2.24, 2.45) is 0 Å². The van der Waals surface area contributed by atoms with Crippen molar-refractivity contribution in [3.05, 3.63) is 59.7 Å². The topological polar surface area (TPSA) is 32.3 Å². The van der Waals surface area contributed by atoms with Crippen LogP contribution in [0.4, 0.5) is 0 Å². The van der Waals surface area contributed by atoms with Crippen LogP contribution in [0.1, 0.15) is 37.1 Å². The van der Waals surface area contributed by atoms with E-state index in [1.165, 1.54) is 16.0 Å². The lowest BCUT2D eigenvalue weighted by molar-refractivity contribution is 0.472. The SMILES string of the molecule is CSc1ccc(C(C)NC(C)c2ccc(O)cc2)cc1. The van der Waals surface area contributed by atoms with Crippen LogP contribution in [-0.4, -0.2) is 11.4 Å². The first-order valence-electron chi connectivity index (χ1n) is 6.79. The van der Waals surface area contributed by atoms with E-state index in [1.807, 2.05) is 12.1 Å². The van der Waals surface area contributed by atoms with Gasteiger partial charge in [-0.3, -0.25) is 0 Å². The molecule has 0 saturated heterocycles. The second-order valence-corrected chi connectivity index (χ2v) is 5.85. The van der Waals surface area contributed by atoms with Crippen molar-refractivity contribution in [3.8, 4) is 5.75 Å². The highest BCUT2D eigenvalue weighted by molar-refractivity contribution is 7.98. The third-order valence-electron chi connectivity index (χ3n) is 3.51. The lowest BCUT2D eigenvalue weighted by Gasteiger charge is -2.21. The molecule has 3 heteroatoms. The first-order valence-corrected chi connectivity index (χ1v) is 8.01. The Morgan fingerprint density at radius 1 is 0.850 bits per heavy atom. The normalized spacial score (nSPS) is 13.9. The molecular weight excluding hydrogens is 266 g/mol. The molecule has 0 aliphatic carbocycles. The number of benzene rings is 2. The number of hydrogen-bond donors (Lipinski definition) is 2. The number of nitrogens with one attached hydrogen (secondary N) is 1. The van der Waals surface area contributed by atoms with E-state index in [1.54, 1.807) is 23.9 Å². The number of phenols is 1. The Morgan fingerprint density at radius 2 is 1.30 bits per heavy atom. The Kier molecular flexibility index (Phi) is 5.10. The molecule has 0 radical (unpaired) electrons. The van der Waals surface area contributed by atoms with E-state index in [2.05, 4.69) is 49.7 Å². The zero-order valence-electron chi connectivity index (χ0n) is 12.1. The first-order chi connectivity index (χ1) is 9.60. The van der Waals surface area contributed by atoms with Gasteiger partial charge < -0.3 is 10.4 Å². The summed E-state index contributed by atoms with van der Waals surface area (Å²) < 4.78 is 0. The van der Waals surface area contributed by atoms with Crippen molar-refractivity contribution < 1.29 is 5.11 Å². The summed E-state index contributed by atoms with van der Waals surface area (Å²) in [6.45, 7) is 4.31. The van der Waals surface area contributed by atoms with Crippen molar-refractivity contribution in [1.29, 1.82) is 0 Å². The maximum Gasteiger partial charge on any atom is 0.115 e. The summed E-state index contributed by atoms with van der Waals surface area (Å²) in [5, 5.41) is 12.9. The summed E-state index contributed by atoms with van der Waals surface area (Å²) in [6, 6.07) is 16.6. The summed E-state index contributed by atoms with van der Waals surface area (Å²) in [6.07, 6.45) is 2.09. The smallest absolute Gasteiger partial charge is 0.115 e. The number of rotatable bonds is 5. The minimum atomic E-state index is 0.242. The van der Waals surface area contributed by atoms with Crippen LogP contribution >= 0.6 is 11.8 Å². The zero-order valence-corrected chi connectivity index (χ0v) is 12.9. The Balaban J connectivity index is 2.02. The van der Waals surface area contributed by atoms with Crippen LogP contribution in [-0.2, 0) is 0 Å². The van der Waals surface area contributed by atoms with Crippen LogP contribution in [0.15, 0.2) is 53.4 Å². The van der Waals surface area contributed by atoms with Crippen molar-refractivity contribution in [3.63, 3.8) is 0 Å². The number of phenolic OH excluding ortho intramolecular Hbond substituents is 1. The van der Waals surface area contributed by atoms with Gasteiger partial charge in [-0.05, 0) is 55.5 Å². The molecular formula is C17H21NOS. The highest BCUT2D eigenvalue weighted by Crippen LogP contribution is 2.23. The lowest BCUT2D eigenvalue weighted by Crippen LogP contribution is -2.22. The van der Waals surface area contributed by atoms with Crippen LogP contribution in [0.5, 0.6) is 5.75 Å². The summed E-state index contributed by atoms with van der Waals surface area (Å²) in [4.78, 5) is 1.28. The molecule has 106 valence electrons. The predicted octanol–water partition coefficient (Wildman–Crippen LogP) is 4.53. The number of hydrogen-bond acceptors (Lipinski definition) is 3. The van der Waals surface area contributed by atoms with E-state index in [4.69, 9.17) is 0 Å². The van der Waals surface area contributed by atoms with Gasteiger partial charge in [-0.15, -0.1) is 11.8 Å². The molecule has 2 aromatic carbocycles. The highest BCUT2D eigenvalue weighted by Gasteiger charge is 2.11. The second-order valence-electron chi connectivity index (χ2n) is 4.97. The van der Waals surface area contributed by atoms with E-state index in [9.17, 15) is 5.11 Å². The molecule has 2 nitrogen and oxygen atoms in total. The molecule has 2 unspecified atom stereocenters. The molecule has 0 aliphatic rings. The fraction of sp³-hybridized carbons (Fsp3) is 0.294. The highest BCUT2D eigenvalue weighted by atomic mass is 32.2. The van der Waals surface area contributed by atoms with Gasteiger partial charge >= 0.3 is 0 Å². The fourth-order valence-electron chi connectivity index (χ4n) is 2.22. The molecule has 0 aromatic heterocycles. The maximum atomic E-state index is 9.33. The second kappa shape index (κ2) is 6.82. The average molecular weight is 287 g/mol. The van der Waals surface area contributed by atoms with Gasteiger partial charge in [-0.1, -0.05) is 24.3 Å². The zero-order chi connectivity index (χ0) is 14.5. The third-order valence-corrected chi connectivity index (χ3v) is 4.25. The summed E-state index contributed by atoms with van der Waals surface area (Å²) >= 11 is 1.76. The molecule has 0 fully saturated rings. The fourth-order valence-corrected chi connectivity index (χ4v) is 2.63. The predicted molar refractivity (Wildman–Crippen MR) is 86.3 cm³/mol. The van der Waals surface area contributed by atoms with Crippen LogP contribution in [0.2, 0.25) is 0 Å². The molecule has 2 atom stereocenters. The minimum absolute atomic E-state index is 0.242. The monoisotopic (exact) mass is 287 g/mol. The molecule has 2 N–H and O–H groups in total. The molecule has 0 amide bonds. The van der Waals surface area contributed by atoms with Gasteiger partial charge in [0.1, 0.15) is 5.75 Å². The molecule has 2 aromatic rings. The van der Waals surface area contributed by atoms with Gasteiger partial charge in [0.25, 0.3) is 0 Å². The van der Waals surface area contributed by atoms with Gasteiger partial charge in [-0.2, -0.15) is 0 Å². The van der Waals surface area contributed by atoms with Crippen molar-refractivity contribution in [2.45, 2.75) is 30.8 Å². The van der Waals surface area contributed by atoms with Crippen molar-refractivity contribution >= 4 is 11.8 Å². The summed E-state index contributed by atoms with van der Waals surface area (Å²) in [5.74, 6) is 0.307. The molecule has 0 bridgehead atoms. The molecule has 0 saturated carbocycles. The van der Waals surface area contributed by atoms with Crippen LogP contribution in [0.3, 0.4) is 0 Å². The van der Waals surface area contributed by atoms with Gasteiger partial charge in [0.05, 0.1) is 0 Å². The van der Waals surface area contributed by atoms with Crippen LogP contribution in [0.25, 0.3) is 0 Å². The van der Waals surface area contributed by atoms with E-state index in [-0.39, 0.29) is 12.1 Å². The van der Waals surface area contributed by atoms with Crippen LogP contribution < -0.4 is 5.32 Å². The minimum Gasteiger partial charge on any atom is -0.508 e. The van der Waals surface area contributed by atoms with Crippen molar-refractivity contribution in [2.75, 3.05) is 6.26 Å². The van der Waals surface area contributed by atoms with Gasteiger partial charge in [0, 0.05) is 17.0 Å². The van der Waals surface area contributed by atoms with E-state index in [0.717, 1.165) is 0 Å². The van der Waals surface area contributed by atoms with Gasteiger partial charge in [0.2, 0.25) is 0 Å². The van der Waals surface area contributed by atoms with E-state index in [0.29, 0.717) is 5.75 Å². The standard InChI is InChI=1S/C17H21NOS/c1-12(14-4-8-16(19)9-5-14)18-13(2)15-6-10-17(20-3)11-7-15/h4-13,18-19H,1-3H3. The number of thioether (sulfide) groups is 1. The van der Waals surface area contributed by atoms with E-state index >= 15 is 0 Å². The Hall–Kier alpha value is -1.45. The van der Waals surface area contributed by atoms with Crippen LogP contribution in [0, 0.1) is 0 Å². The average Bonchev–Trinajstić information content (AvgIpc) is 2.48. The molecule has 0 spiro atoms. The molecule has 0 heterocycles. The molecule has 0 aliphatic heterocycles. The third kappa shape index (κ3) is 3.78. The lowest BCUT2D eigenvalue weighted by atomic mass is 10.0. The summed E-state index contributed by atoms with van der Waals surface area (Å²) in [7, 11) is 0. The van der Waals surface area contributed by atoms with Gasteiger partial charge in [-0.25, -0.2) is 0 Å². The number of aromatic hydroxyl groups is 1. The Morgan fingerprint density at radius 3 is 1.75 bits per heavy atom. The first kappa shape index (κ1) is 14.9. The largest absolute Gasteiger partial charge is 0.508 e. The van der Waals surface area contributed by atoms with Gasteiger partial charge in [0.15, 0.2) is 0 Å². The Bertz CT molecular complexity index is 536. The summed E-state index contributed by atoms with van der Waals surface area (Å²) in [5.41, 5.74) is 2.46.